The summed E-state index contributed by atoms with van der Waals surface area (Å²) in [6.45, 7) is 5.04. The quantitative estimate of drug-likeness (QED) is 0.686. The van der Waals surface area contributed by atoms with Crippen LogP contribution in [-0.2, 0) is 26.2 Å². The van der Waals surface area contributed by atoms with Crippen LogP contribution in [-0.4, -0.2) is 44.2 Å². The molecular formula is C19H25N3O5S. The lowest BCUT2D eigenvalue weighted by Gasteiger charge is -2.19. The molecule has 0 fully saturated rings. The summed E-state index contributed by atoms with van der Waals surface area (Å²) in [5, 5.41) is 5.13. The second kappa shape index (κ2) is 9.03. The van der Waals surface area contributed by atoms with Crippen molar-refractivity contribution in [3.05, 3.63) is 53.5 Å². The number of nitrogens with zero attached hydrogens (tertiary/aromatic N) is 1. The maximum atomic E-state index is 12.6. The van der Waals surface area contributed by atoms with Gasteiger partial charge in [-0.15, -0.1) is 0 Å². The molecule has 0 aliphatic carbocycles. The van der Waals surface area contributed by atoms with Gasteiger partial charge in [-0.3, -0.25) is 9.59 Å². The van der Waals surface area contributed by atoms with Crippen molar-refractivity contribution in [1.82, 2.24) is 14.9 Å². The number of amides is 2. The standard InChI is InChI=1S/C19H25N3O5S/c1-13-7-8-17(10-14(13)2)28(25,26)22(4)12-18(23)21-15(3)19(24)20-11-16-6-5-9-27-16/h5-10,15H,11-12H2,1-4H3,(H,20,24)(H,21,23). The molecule has 0 saturated carbocycles. The molecule has 0 radical (unpaired) electrons. The maximum absolute atomic E-state index is 12.6. The third-order valence-corrected chi connectivity index (χ3v) is 6.14. The van der Waals surface area contributed by atoms with Crippen molar-refractivity contribution in [2.75, 3.05) is 13.6 Å². The molecular weight excluding hydrogens is 382 g/mol. The number of sulfonamides is 1. The molecule has 0 aliphatic rings. The van der Waals surface area contributed by atoms with Crippen molar-refractivity contribution in [2.24, 2.45) is 0 Å². The first-order valence-corrected chi connectivity index (χ1v) is 10.2. The number of carbonyl (C=O) groups excluding carboxylic acids is 2. The normalized spacial score (nSPS) is 12.6. The van der Waals surface area contributed by atoms with Crippen LogP contribution in [0, 0.1) is 13.8 Å². The first-order valence-electron chi connectivity index (χ1n) is 8.74. The topological polar surface area (TPSA) is 109 Å². The van der Waals surface area contributed by atoms with Crippen molar-refractivity contribution in [3.63, 3.8) is 0 Å². The number of carbonyl (C=O) groups is 2. The van der Waals surface area contributed by atoms with Crippen LogP contribution in [0.25, 0.3) is 0 Å². The molecule has 28 heavy (non-hydrogen) atoms. The Bertz CT molecular complexity index is 938. The van der Waals surface area contributed by atoms with Gasteiger partial charge in [-0.1, -0.05) is 6.07 Å². The summed E-state index contributed by atoms with van der Waals surface area (Å²) < 4.78 is 31.4. The number of nitrogens with one attached hydrogen (secondary N) is 2. The van der Waals surface area contributed by atoms with Gasteiger partial charge in [0.2, 0.25) is 21.8 Å². The molecule has 8 nitrogen and oxygen atoms in total. The molecule has 0 spiro atoms. The molecule has 2 N–H and O–H groups in total. The zero-order valence-corrected chi connectivity index (χ0v) is 17.2. The van der Waals surface area contributed by atoms with Crippen LogP contribution in [0.1, 0.15) is 23.8 Å². The number of hydrogen-bond acceptors (Lipinski definition) is 5. The Balaban J connectivity index is 1.91. The predicted octanol–water partition coefficient (Wildman–Crippen LogP) is 1.34. The third kappa shape index (κ3) is 5.43. The van der Waals surface area contributed by atoms with E-state index in [4.69, 9.17) is 4.42 Å². The molecule has 2 rings (SSSR count). The van der Waals surface area contributed by atoms with Gasteiger partial charge in [0.05, 0.1) is 24.2 Å². The molecule has 9 heteroatoms. The van der Waals surface area contributed by atoms with E-state index in [0.717, 1.165) is 15.4 Å². The minimum Gasteiger partial charge on any atom is -0.467 e. The lowest BCUT2D eigenvalue weighted by Crippen LogP contribution is -2.48. The molecule has 1 atom stereocenters. The summed E-state index contributed by atoms with van der Waals surface area (Å²) >= 11 is 0. The Morgan fingerprint density at radius 2 is 1.89 bits per heavy atom. The molecule has 0 saturated heterocycles. The number of benzene rings is 1. The highest BCUT2D eigenvalue weighted by Crippen LogP contribution is 2.18. The van der Waals surface area contributed by atoms with E-state index in [1.807, 2.05) is 13.8 Å². The van der Waals surface area contributed by atoms with Gasteiger partial charge < -0.3 is 15.1 Å². The van der Waals surface area contributed by atoms with Crippen LogP contribution >= 0.6 is 0 Å². The average Bonchev–Trinajstić information content (AvgIpc) is 3.15. The van der Waals surface area contributed by atoms with Gasteiger partial charge in [-0.2, -0.15) is 4.31 Å². The predicted molar refractivity (Wildman–Crippen MR) is 104 cm³/mol. The summed E-state index contributed by atoms with van der Waals surface area (Å²) in [7, 11) is -2.48. The van der Waals surface area contributed by atoms with Crippen molar-refractivity contribution < 1.29 is 22.4 Å². The molecule has 1 aromatic carbocycles. The van der Waals surface area contributed by atoms with Gasteiger partial charge in [0, 0.05) is 7.05 Å². The summed E-state index contributed by atoms with van der Waals surface area (Å²) in [6, 6.07) is 7.41. The van der Waals surface area contributed by atoms with E-state index in [2.05, 4.69) is 10.6 Å². The van der Waals surface area contributed by atoms with Crippen molar-refractivity contribution in [1.29, 1.82) is 0 Å². The first-order chi connectivity index (χ1) is 13.1. The molecule has 2 aromatic rings. The molecule has 1 unspecified atom stereocenters. The maximum Gasteiger partial charge on any atom is 0.243 e. The number of likely N-dealkylation sites (N-methyl/N-ethyl adjacent to an activating group) is 1. The second-order valence-electron chi connectivity index (χ2n) is 6.59. The highest BCUT2D eigenvalue weighted by molar-refractivity contribution is 7.89. The molecule has 152 valence electrons. The lowest BCUT2D eigenvalue weighted by atomic mass is 10.1. The average molecular weight is 407 g/mol. The minimum atomic E-state index is -3.81. The van der Waals surface area contributed by atoms with Crippen molar-refractivity contribution >= 4 is 21.8 Å². The van der Waals surface area contributed by atoms with Crippen molar-refractivity contribution in [3.8, 4) is 0 Å². The Morgan fingerprint density at radius 1 is 1.18 bits per heavy atom. The smallest absolute Gasteiger partial charge is 0.243 e. The van der Waals surface area contributed by atoms with Gasteiger partial charge >= 0.3 is 0 Å². The van der Waals surface area contributed by atoms with E-state index in [-0.39, 0.29) is 11.4 Å². The monoisotopic (exact) mass is 407 g/mol. The van der Waals surface area contributed by atoms with E-state index in [1.165, 1.54) is 26.3 Å². The third-order valence-electron chi connectivity index (χ3n) is 4.34. The van der Waals surface area contributed by atoms with Crippen LogP contribution in [0.15, 0.2) is 45.9 Å². The number of hydrogen-bond donors (Lipinski definition) is 2. The van der Waals surface area contributed by atoms with Crippen LogP contribution < -0.4 is 10.6 Å². The number of rotatable bonds is 8. The zero-order chi connectivity index (χ0) is 20.9. The Hall–Kier alpha value is -2.65. The molecule has 1 heterocycles. The van der Waals surface area contributed by atoms with E-state index >= 15 is 0 Å². The Labute approximate surface area is 165 Å². The van der Waals surface area contributed by atoms with Gasteiger partial charge in [-0.05, 0) is 56.2 Å². The zero-order valence-electron chi connectivity index (χ0n) is 16.4. The molecule has 2 amide bonds. The van der Waals surface area contributed by atoms with Crippen LogP contribution in [0.2, 0.25) is 0 Å². The van der Waals surface area contributed by atoms with Gasteiger partial charge in [0.15, 0.2) is 0 Å². The highest BCUT2D eigenvalue weighted by atomic mass is 32.2. The molecule has 0 bridgehead atoms. The van der Waals surface area contributed by atoms with E-state index in [9.17, 15) is 18.0 Å². The fourth-order valence-electron chi connectivity index (χ4n) is 2.43. The van der Waals surface area contributed by atoms with Gasteiger partial charge in [0.25, 0.3) is 0 Å². The summed E-state index contributed by atoms with van der Waals surface area (Å²) in [5.41, 5.74) is 1.83. The lowest BCUT2D eigenvalue weighted by molar-refractivity contribution is -0.128. The second-order valence-corrected chi connectivity index (χ2v) is 8.64. The SMILES string of the molecule is Cc1ccc(S(=O)(=O)N(C)CC(=O)NC(C)C(=O)NCc2ccco2)cc1C. The van der Waals surface area contributed by atoms with E-state index in [1.54, 1.807) is 24.3 Å². The highest BCUT2D eigenvalue weighted by Gasteiger charge is 2.24. The van der Waals surface area contributed by atoms with Crippen LogP contribution in [0.5, 0.6) is 0 Å². The van der Waals surface area contributed by atoms with Gasteiger partial charge in [-0.25, -0.2) is 8.42 Å². The van der Waals surface area contributed by atoms with Crippen molar-refractivity contribution in [2.45, 2.75) is 38.3 Å². The minimum absolute atomic E-state index is 0.120. The Kier molecular flexibility index (Phi) is 6.98. The largest absolute Gasteiger partial charge is 0.467 e. The molecule has 0 aliphatic heterocycles. The van der Waals surface area contributed by atoms with Gasteiger partial charge in [0.1, 0.15) is 11.8 Å². The number of furan rings is 1. The fraction of sp³-hybridized carbons (Fsp3) is 0.368. The van der Waals surface area contributed by atoms with E-state index < -0.39 is 34.4 Å². The van der Waals surface area contributed by atoms with Crippen LogP contribution in [0.3, 0.4) is 0 Å². The summed E-state index contributed by atoms with van der Waals surface area (Å²) in [4.78, 5) is 24.4. The Morgan fingerprint density at radius 3 is 2.50 bits per heavy atom. The first kappa shape index (κ1) is 21.6. The van der Waals surface area contributed by atoms with E-state index in [0.29, 0.717) is 5.76 Å². The summed E-state index contributed by atoms with van der Waals surface area (Å²) in [5.74, 6) is -0.383. The summed E-state index contributed by atoms with van der Waals surface area (Å²) in [6.07, 6.45) is 1.50. The van der Waals surface area contributed by atoms with Crippen LogP contribution in [0.4, 0.5) is 0 Å². The fourth-order valence-corrected chi connectivity index (χ4v) is 3.65. The number of aryl methyl sites for hydroxylation is 2. The molecule has 1 aromatic heterocycles.